The average Bonchev–Trinajstić information content (AvgIpc) is 3.11. The highest BCUT2D eigenvalue weighted by atomic mass is 16.5. The Morgan fingerprint density at radius 1 is 0.964 bits per heavy atom. The molecule has 1 N–H and O–H groups in total. The van der Waals surface area contributed by atoms with Crippen molar-refractivity contribution >= 4 is 11.0 Å². The molecule has 1 aromatic heterocycles. The lowest BCUT2D eigenvalue weighted by atomic mass is 10.0. The van der Waals surface area contributed by atoms with Crippen molar-refractivity contribution in [3.05, 3.63) is 77.9 Å². The van der Waals surface area contributed by atoms with E-state index in [1.54, 1.807) is 11.9 Å². The van der Waals surface area contributed by atoms with E-state index in [9.17, 15) is 0 Å². The molecule has 0 fully saturated rings. The number of aryl methyl sites for hydroxylation is 1. The number of aromatic nitrogens is 3. The van der Waals surface area contributed by atoms with Gasteiger partial charge >= 0.3 is 0 Å². The molecule has 5 nitrogen and oxygen atoms in total. The molecule has 0 saturated heterocycles. The van der Waals surface area contributed by atoms with E-state index in [2.05, 4.69) is 71.0 Å². The van der Waals surface area contributed by atoms with Crippen molar-refractivity contribution in [3.8, 4) is 16.9 Å². The second-order valence-corrected chi connectivity index (χ2v) is 6.94. The summed E-state index contributed by atoms with van der Waals surface area (Å²) in [7, 11) is 3.54. The van der Waals surface area contributed by atoms with Crippen LogP contribution in [-0.4, -0.2) is 22.1 Å². The standard InChI is InChI=1S/C23H24N4O/c1-16(18-7-5-4-6-8-18)24-15-17-9-12-23(28-3)20(13-17)19-10-11-21-22(14-19)26-27(2)25-21/h4-14,16,24H,15H2,1-3H3/t16-/m1/s1. The molecule has 0 saturated carbocycles. The summed E-state index contributed by atoms with van der Waals surface area (Å²) < 4.78 is 5.61. The van der Waals surface area contributed by atoms with Crippen molar-refractivity contribution in [3.63, 3.8) is 0 Å². The van der Waals surface area contributed by atoms with Gasteiger partial charge in [0.1, 0.15) is 16.8 Å². The van der Waals surface area contributed by atoms with E-state index < -0.39 is 0 Å². The predicted molar refractivity (Wildman–Crippen MR) is 112 cm³/mol. The molecule has 0 spiro atoms. The summed E-state index contributed by atoms with van der Waals surface area (Å²) in [6, 6.07) is 23.2. The summed E-state index contributed by atoms with van der Waals surface area (Å²) in [6.45, 7) is 2.96. The number of methoxy groups -OCH3 is 1. The molecule has 1 heterocycles. The van der Waals surface area contributed by atoms with Gasteiger partial charge in [-0.2, -0.15) is 15.0 Å². The van der Waals surface area contributed by atoms with Gasteiger partial charge < -0.3 is 10.1 Å². The third-order valence-electron chi connectivity index (χ3n) is 4.97. The number of rotatable bonds is 6. The van der Waals surface area contributed by atoms with Crippen LogP contribution in [0.4, 0.5) is 0 Å². The maximum Gasteiger partial charge on any atom is 0.126 e. The fraction of sp³-hybridized carbons (Fsp3) is 0.217. The smallest absolute Gasteiger partial charge is 0.126 e. The largest absolute Gasteiger partial charge is 0.496 e. The van der Waals surface area contributed by atoms with Gasteiger partial charge in [-0.25, -0.2) is 0 Å². The topological polar surface area (TPSA) is 52.0 Å². The van der Waals surface area contributed by atoms with Crippen molar-refractivity contribution < 1.29 is 4.74 Å². The van der Waals surface area contributed by atoms with Crippen LogP contribution in [0.25, 0.3) is 22.2 Å². The van der Waals surface area contributed by atoms with Gasteiger partial charge in [-0.1, -0.05) is 42.5 Å². The van der Waals surface area contributed by atoms with Crippen LogP contribution >= 0.6 is 0 Å². The summed E-state index contributed by atoms with van der Waals surface area (Å²) in [5, 5.41) is 12.4. The van der Waals surface area contributed by atoms with Crippen molar-refractivity contribution in [1.29, 1.82) is 0 Å². The second-order valence-electron chi connectivity index (χ2n) is 6.94. The van der Waals surface area contributed by atoms with E-state index in [1.807, 2.05) is 25.2 Å². The number of nitrogens with one attached hydrogen (secondary N) is 1. The van der Waals surface area contributed by atoms with E-state index in [1.165, 1.54) is 11.1 Å². The van der Waals surface area contributed by atoms with Crippen LogP contribution in [0.1, 0.15) is 24.1 Å². The minimum Gasteiger partial charge on any atom is -0.496 e. The SMILES string of the molecule is COc1ccc(CN[C@H](C)c2ccccc2)cc1-c1ccc2nn(C)nc2c1. The highest BCUT2D eigenvalue weighted by molar-refractivity contribution is 5.83. The van der Waals surface area contributed by atoms with E-state index in [0.717, 1.165) is 34.5 Å². The molecule has 0 amide bonds. The molecule has 0 aliphatic carbocycles. The van der Waals surface area contributed by atoms with Crippen LogP contribution in [0.5, 0.6) is 5.75 Å². The summed E-state index contributed by atoms with van der Waals surface area (Å²) >= 11 is 0. The van der Waals surface area contributed by atoms with E-state index in [4.69, 9.17) is 4.74 Å². The van der Waals surface area contributed by atoms with Gasteiger partial charge in [-0.3, -0.25) is 0 Å². The average molecular weight is 372 g/mol. The fourth-order valence-corrected chi connectivity index (χ4v) is 3.41. The second kappa shape index (κ2) is 7.82. The molecular formula is C23H24N4O. The van der Waals surface area contributed by atoms with E-state index >= 15 is 0 Å². The van der Waals surface area contributed by atoms with Crippen LogP contribution in [0.2, 0.25) is 0 Å². The lowest BCUT2D eigenvalue weighted by molar-refractivity contribution is 0.416. The van der Waals surface area contributed by atoms with Gasteiger partial charge in [0.15, 0.2) is 0 Å². The van der Waals surface area contributed by atoms with Gasteiger partial charge in [0.05, 0.1) is 7.11 Å². The first-order chi connectivity index (χ1) is 13.6. The Hall–Kier alpha value is -3.18. The Kier molecular flexibility index (Phi) is 5.08. The number of hydrogen-bond acceptors (Lipinski definition) is 4. The van der Waals surface area contributed by atoms with Crippen LogP contribution in [0, 0.1) is 0 Å². The molecule has 142 valence electrons. The molecule has 28 heavy (non-hydrogen) atoms. The Morgan fingerprint density at radius 2 is 1.75 bits per heavy atom. The third-order valence-corrected chi connectivity index (χ3v) is 4.97. The normalized spacial score (nSPS) is 12.2. The molecule has 4 aromatic rings. The Bertz CT molecular complexity index is 1090. The first kappa shape index (κ1) is 18.2. The number of hydrogen-bond donors (Lipinski definition) is 1. The Balaban J connectivity index is 1.60. The van der Waals surface area contributed by atoms with Gasteiger partial charge in [-0.05, 0) is 47.9 Å². The molecule has 1 atom stereocenters. The maximum absolute atomic E-state index is 5.61. The predicted octanol–water partition coefficient (Wildman–Crippen LogP) is 4.49. The number of ether oxygens (including phenoxy) is 1. The molecule has 5 heteroatoms. The van der Waals surface area contributed by atoms with Crippen LogP contribution in [-0.2, 0) is 13.6 Å². The molecule has 0 radical (unpaired) electrons. The lowest BCUT2D eigenvalue weighted by Gasteiger charge is -2.16. The minimum absolute atomic E-state index is 0.280. The Morgan fingerprint density at radius 3 is 2.54 bits per heavy atom. The van der Waals surface area contributed by atoms with Gasteiger partial charge in [0, 0.05) is 25.2 Å². The van der Waals surface area contributed by atoms with Gasteiger partial charge in [0.2, 0.25) is 0 Å². The van der Waals surface area contributed by atoms with Crippen molar-refractivity contribution in [2.45, 2.75) is 19.5 Å². The third kappa shape index (κ3) is 3.75. The van der Waals surface area contributed by atoms with E-state index in [0.29, 0.717) is 0 Å². The van der Waals surface area contributed by atoms with Crippen molar-refractivity contribution in [2.24, 2.45) is 7.05 Å². The van der Waals surface area contributed by atoms with Crippen molar-refractivity contribution in [2.75, 3.05) is 7.11 Å². The first-order valence-electron chi connectivity index (χ1n) is 9.41. The molecule has 0 aliphatic heterocycles. The van der Waals surface area contributed by atoms with E-state index in [-0.39, 0.29) is 6.04 Å². The summed E-state index contributed by atoms with van der Waals surface area (Å²) in [5.41, 5.74) is 6.38. The van der Waals surface area contributed by atoms with Crippen molar-refractivity contribution in [1.82, 2.24) is 20.3 Å². The molecular weight excluding hydrogens is 348 g/mol. The Labute approximate surface area is 165 Å². The van der Waals surface area contributed by atoms with Gasteiger partial charge in [0.25, 0.3) is 0 Å². The number of fused-ring (bicyclic) bond motifs is 1. The maximum atomic E-state index is 5.61. The monoisotopic (exact) mass is 372 g/mol. The zero-order valence-electron chi connectivity index (χ0n) is 16.4. The highest BCUT2D eigenvalue weighted by Crippen LogP contribution is 2.32. The quantitative estimate of drug-likeness (QED) is 0.542. The zero-order valence-corrected chi connectivity index (χ0v) is 16.4. The van der Waals surface area contributed by atoms with Crippen LogP contribution in [0.3, 0.4) is 0 Å². The molecule has 0 bridgehead atoms. The fourth-order valence-electron chi connectivity index (χ4n) is 3.41. The van der Waals surface area contributed by atoms with Crippen LogP contribution in [0.15, 0.2) is 66.7 Å². The number of benzene rings is 3. The van der Waals surface area contributed by atoms with Crippen LogP contribution < -0.4 is 10.1 Å². The lowest BCUT2D eigenvalue weighted by Crippen LogP contribution is -2.18. The molecule has 0 unspecified atom stereocenters. The first-order valence-corrected chi connectivity index (χ1v) is 9.41. The molecule has 4 rings (SSSR count). The minimum atomic E-state index is 0.280. The number of nitrogens with zero attached hydrogens (tertiary/aromatic N) is 3. The molecule has 0 aliphatic rings. The summed E-state index contributed by atoms with van der Waals surface area (Å²) in [6.07, 6.45) is 0. The summed E-state index contributed by atoms with van der Waals surface area (Å²) in [4.78, 5) is 1.59. The zero-order chi connectivity index (χ0) is 19.5. The highest BCUT2D eigenvalue weighted by Gasteiger charge is 2.11. The molecule has 3 aromatic carbocycles. The van der Waals surface area contributed by atoms with Gasteiger partial charge in [-0.15, -0.1) is 0 Å². The summed E-state index contributed by atoms with van der Waals surface area (Å²) in [5.74, 6) is 0.850.